The number of hydrogen-bond donors (Lipinski definition) is 1. The zero-order valence-electron chi connectivity index (χ0n) is 16.9. The molecule has 2 aliphatic rings. The number of ether oxygens (including phenoxy) is 1. The van der Waals surface area contributed by atoms with E-state index in [-0.39, 0.29) is 11.4 Å². The third-order valence-corrected chi connectivity index (χ3v) is 5.87. The first-order chi connectivity index (χ1) is 14.5. The van der Waals surface area contributed by atoms with Gasteiger partial charge in [0.25, 0.3) is 5.91 Å². The van der Waals surface area contributed by atoms with Crippen molar-refractivity contribution in [2.45, 2.75) is 45.2 Å². The molecule has 4 heterocycles. The average Bonchev–Trinajstić information content (AvgIpc) is 3.35. The lowest BCUT2D eigenvalue weighted by molar-refractivity contribution is 0.0729. The van der Waals surface area contributed by atoms with Gasteiger partial charge in [0.1, 0.15) is 23.7 Å². The number of halogens is 1. The van der Waals surface area contributed by atoms with E-state index in [1.807, 2.05) is 0 Å². The van der Waals surface area contributed by atoms with E-state index >= 15 is 0 Å². The van der Waals surface area contributed by atoms with Gasteiger partial charge in [-0.25, -0.2) is 14.4 Å². The third kappa shape index (κ3) is 3.14. The fraction of sp³-hybridized carbons (Fsp3) is 0.429. The van der Waals surface area contributed by atoms with Crippen LogP contribution in [0.1, 0.15) is 47.1 Å². The molecule has 1 N–H and O–H groups in total. The Morgan fingerprint density at radius 1 is 1.37 bits per heavy atom. The van der Waals surface area contributed by atoms with Gasteiger partial charge in [0.15, 0.2) is 0 Å². The molecular formula is C21H22FN5O3. The lowest BCUT2D eigenvalue weighted by atomic mass is 10.0. The average molecular weight is 411 g/mol. The summed E-state index contributed by atoms with van der Waals surface area (Å²) in [4.78, 5) is 28.2. The fourth-order valence-electron chi connectivity index (χ4n) is 3.95. The first kappa shape index (κ1) is 18.8. The number of anilines is 1. The van der Waals surface area contributed by atoms with Gasteiger partial charge in [0, 0.05) is 23.8 Å². The summed E-state index contributed by atoms with van der Waals surface area (Å²) in [7, 11) is 0. The lowest BCUT2D eigenvalue weighted by Crippen LogP contribution is -2.37. The monoisotopic (exact) mass is 411 g/mol. The summed E-state index contributed by atoms with van der Waals surface area (Å²) >= 11 is 0. The summed E-state index contributed by atoms with van der Waals surface area (Å²) in [5, 5.41) is 4.05. The molecule has 3 aromatic rings. The van der Waals surface area contributed by atoms with Crippen LogP contribution in [-0.2, 0) is 13.0 Å². The minimum Gasteiger partial charge on any atom is -0.463 e. The Bertz CT molecular complexity index is 1140. The summed E-state index contributed by atoms with van der Waals surface area (Å²) in [6.07, 6.45) is 5.66. The number of hydrogen-bond acceptors (Lipinski definition) is 7. The first-order valence-corrected chi connectivity index (χ1v) is 9.96. The second kappa shape index (κ2) is 6.93. The molecule has 156 valence electrons. The minimum atomic E-state index is -0.895. The van der Waals surface area contributed by atoms with Crippen molar-refractivity contribution in [1.29, 1.82) is 0 Å². The molecule has 0 saturated heterocycles. The van der Waals surface area contributed by atoms with Crippen molar-refractivity contribution in [1.82, 2.24) is 19.9 Å². The van der Waals surface area contributed by atoms with Crippen molar-refractivity contribution in [3.8, 4) is 5.75 Å². The van der Waals surface area contributed by atoms with E-state index in [2.05, 4.69) is 27.2 Å². The Labute approximate surface area is 172 Å². The van der Waals surface area contributed by atoms with Gasteiger partial charge >= 0.3 is 0 Å². The van der Waals surface area contributed by atoms with Crippen molar-refractivity contribution in [2.75, 3.05) is 18.7 Å². The van der Waals surface area contributed by atoms with Crippen LogP contribution in [0.5, 0.6) is 5.75 Å². The number of rotatable bonds is 5. The van der Waals surface area contributed by atoms with E-state index in [1.165, 1.54) is 6.33 Å². The largest absolute Gasteiger partial charge is 0.463 e. The van der Waals surface area contributed by atoms with Gasteiger partial charge in [-0.2, -0.15) is 0 Å². The molecule has 0 aromatic carbocycles. The van der Waals surface area contributed by atoms with Gasteiger partial charge in [-0.05, 0) is 39.2 Å². The molecule has 1 aliphatic heterocycles. The maximum Gasteiger partial charge on any atom is 0.258 e. The van der Waals surface area contributed by atoms with Crippen molar-refractivity contribution >= 4 is 22.8 Å². The standard InChI is InChI=1S/C21H22FN5O3/c1-12-16(17-18(26-21(2)5-6-21)24-11-25-19(17)30-12)20(28)27-8-4-13-14(9-27)23-7-3-15(13)29-10-22/h3,7,11H,4-6,8-10H2,1-2H3,(H,24,25,26). The highest BCUT2D eigenvalue weighted by Crippen LogP contribution is 2.40. The Hall–Kier alpha value is -3.23. The normalized spacial score (nSPS) is 17.0. The van der Waals surface area contributed by atoms with Crippen LogP contribution in [0, 0.1) is 6.92 Å². The van der Waals surface area contributed by atoms with Crippen LogP contribution < -0.4 is 10.1 Å². The molecule has 1 saturated carbocycles. The van der Waals surface area contributed by atoms with E-state index in [9.17, 15) is 9.18 Å². The van der Waals surface area contributed by atoms with Gasteiger partial charge in [0.2, 0.25) is 12.6 Å². The fourth-order valence-corrected chi connectivity index (χ4v) is 3.95. The number of alkyl halides is 1. The number of amides is 1. The van der Waals surface area contributed by atoms with Crippen LogP contribution in [0.15, 0.2) is 23.0 Å². The van der Waals surface area contributed by atoms with E-state index in [0.717, 1.165) is 18.4 Å². The molecule has 0 radical (unpaired) electrons. The highest BCUT2D eigenvalue weighted by molar-refractivity contribution is 6.10. The zero-order valence-corrected chi connectivity index (χ0v) is 16.9. The third-order valence-electron chi connectivity index (χ3n) is 5.87. The minimum absolute atomic E-state index is 0.00637. The number of furan rings is 1. The highest BCUT2D eigenvalue weighted by Gasteiger charge is 2.39. The smallest absolute Gasteiger partial charge is 0.258 e. The topological polar surface area (TPSA) is 93.4 Å². The molecule has 0 atom stereocenters. The Kier molecular flexibility index (Phi) is 4.34. The van der Waals surface area contributed by atoms with Crippen LogP contribution >= 0.6 is 0 Å². The van der Waals surface area contributed by atoms with E-state index in [0.29, 0.717) is 59.2 Å². The number of nitrogens with one attached hydrogen (secondary N) is 1. The molecule has 9 heteroatoms. The number of aryl methyl sites for hydroxylation is 1. The molecule has 1 aliphatic carbocycles. The second-order valence-corrected chi connectivity index (χ2v) is 8.09. The maximum atomic E-state index is 13.5. The molecule has 3 aromatic heterocycles. The molecule has 1 fully saturated rings. The van der Waals surface area contributed by atoms with Crippen LogP contribution in [0.2, 0.25) is 0 Å². The molecule has 8 nitrogen and oxygen atoms in total. The van der Waals surface area contributed by atoms with Crippen molar-refractivity contribution < 1.29 is 18.3 Å². The highest BCUT2D eigenvalue weighted by atomic mass is 19.1. The van der Waals surface area contributed by atoms with Gasteiger partial charge in [-0.15, -0.1) is 0 Å². The molecular weight excluding hydrogens is 389 g/mol. The van der Waals surface area contributed by atoms with Gasteiger partial charge in [0.05, 0.1) is 23.2 Å². The number of carbonyl (C=O) groups is 1. The van der Waals surface area contributed by atoms with Gasteiger partial charge < -0.3 is 19.4 Å². The second-order valence-electron chi connectivity index (χ2n) is 8.09. The quantitative estimate of drug-likeness (QED) is 0.688. The predicted molar refractivity (Wildman–Crippen MR) is 107 cm³/mol. The maximum absolute atomic E-state index is 13.5. The SMILES string of the molecule is Cc1oc2ncnc(NC3(C)CC3)c2c1C(=O)N1CCc2c(OCF)ccnc2C1. The van der Waals surface area contributed by atoms with Crippen LogP contribution in [0.4, 0.5) is 10.2 Å². The Morgan fingerprint density at radius 3 is 2.97 bits per heavy atom. The van der Waals surface area contributed by atoms with E-state index < -0.39 is 6.86 Å². The van der Waals surface area contributed by atoms with Crippen LogP contribution in [-0.4, -0.2) is 44.7 Å². The molecule has 0 bridgehead atoms. The van der Waals surface area contributed by atoms with E-state index in [4.69, 9.17) is 9.15 Å². The van der Waals surface area contributed by atoms with Crippen LogP contribution in [0.25, 0.3) is 11.1 Å². The van der Waals surface area contributed by atoms with Gasteiger partial charge in [-0.1, -0.05) is 0 Å². The molecule has 1 amide bonds. The predicted octanol–water partition coefficient (Wildman–Crippen LogP) is 3.39. The molecule has 5 rings (SSSR count). The zero-order chi connectivity index (χ0) is 20.9. The summed E-state index contributed by atoms with van der Waals surface area (Å²) in [5.41, 5.74) is 2.42. The number of carbonyl (C=O) groups excluding carboxylic acids is 1. The molecule has 0 spiro atoms. The summed E-state index contributed by atoms with van der Waals surface area (Å²) < 4.78 is 23.5. The lowest BCUT2D eigenvalue weighted by Gasteiger charge is -2.29. The van der Waals surface area contributed by atoms with Crippen molar-refractivity contribution in [3.63, 3.8) is 0 Å². The Balaban J connectivity index is 1.50. The van der Waals surface area contributed by atoms with Crippen molar-refractivity contribution in [2.24, 2.45) is 0 Å². The molecule has 30 heavy (non-hydrogen) atoms. The van der Waals surface area contributed by atoms with Gasteiger partial charge in [-0.3, -0.25) is 9.78 Å². The van der Waals surface area contributed by atoms with Crippen LogP contribution in [0.3, 0.4) is 0 Å². The summed E-state index contributed by atoms with van der Waals surface area (Å²) in [5.74, 6) is 1.45. The number of fused-ring (bicyclic) bond motifs is 2. The number of aromatic nitrogens is 3. The number of pyridine rings is 1. The van der Waals surface area contributed by atoms with E-state index in [1.54, 1.807) is 24.1 Å². The first-order valence-electron chi connectivity index (χ1n) is 9.96. The number of nitrogens with zero attached hydrogens (tertiary/aromatic N) is 4. The Morgan fingerprint density at radius 2 is 2.20 bits per heavy atom. The summed E-state index contributed by atoms with van der Waals surface area (Å²) in [6.45, 7) is 3.78. The molecule has 0 unspecified atom stereocenters. The summed E-state index contributed by atoms with van der Waals surface area (Å²) in [6, 6.07) is 1.65. The van der Waals surface area contributed by atoms with Crippen molar-refractivity contribution in [3.05, 3.63) is 41.2 Å².